The van der Waals surface area contributed by atoms with Crippen LogP contribution in [0.15, 0.2) is 35.1 Å². The number of halogens is 2. The summed E-state index contributed by atoms with van der Waals surface area (Å²) < 4.78 is 31.7. The molecule has 2 aromatic rings. The van der Waals surface area contributed by atoms with Crippen molar-refractivity contribution >= 4 is 5.91 Å². The molecule has 3 rings (SSSR count). The zero-order chi connectivity index (χ0) is 14.9. The number of hydrogen-bond acceptors (Lipinski definition) is 3. The minimum absolute atomic E-state index is 0.0705. The Morgan fingerprint density at radius 1 is 1.33 bits per heavy atom. The lowest BCUT2D eigenvalue weighted by atomic mass is 9.71. The second-order valence-corrected chi connectivity index (χ2v) is 5.28. The molecule has 1 N–H and O–H groups in total. The summed E-state index contributed by atoms with van der Waals surface area (Å²) in [7, 11) is 0. The van der Waals surface area contributed by atoms with Crippen molar-refractivity contribution in [2.75, 3.05) is 0 Å². The van der Waals surface area contributed by atoms with Crippen molar-refractivity contribution in [1.82, 2.24) is 10.5 Å². The van der Waals surface area contributed by atoms with Crippen molar-refractivity contribution < 1.29 is 18.1 Å². The molecule has 0 atom stereocenters. The minimum atomic E-state index is -0.737. The van der Waals surface area contributed by atoms with Gasteiger partial charge in [-0.1, -0.05) is 11.2 Å². The van der Waals surface area contributed by atoms with E-state index in [2.05, 4.69) is 15.0 Å². The molecular formula is C15H14F2N2O2. The lowest BCUT2D eigenvalue weighted by Crippen LogP contribution is -2.51. The van der Waals surface area contributed by atoms with E-state index < -0.39 is 17.2 Å². The van der Waals surface area contributed by atoms with Crippen LogP contribution in [0.4, 0.5) is 8.78 Å². The molecule has 0 radical (unpaired) electrons. The average Bonchev–Trinajstić information content (AvgIpc) is 2.87. The SMILES string of the molecule is O=C(Cc1ccon1)NC1(c2ccc(F)cc2F)CCC1. The molecule has 1 amide bonds. The van der Waals surface area contributed by atoms with Gasteiger partial charge in [0.25, 0.3) is 0 Å². The van der Waals surface area contributed by atoms with Crippen molar-refractivity contribution in [3.8, 4) is 0 Å². The van der Waals surface area contributed by atoms with E-state index >= 15 is 0 Å². The monoisotopic (exact) mass is 292 g/mol. The topological polar surface area (TPSA) is 55.1 Å². The molecule has 110 valence electrons. The number of carbonyl (C=O) groups excluding carboxylic acids is 1. The van der Waals surface area contributed by atoms with Gasteiger partial charge >= 0.3 is 0 Å². The van der Waals surface area contributed by atoms with Crippen LogP contribution in [-0.2, 0) is 16.8 Å². The van der Waals surface area contributed by atoms with E-state index in [1.807, 2.05) is 0 Å². The van der Waals surface area contributed by atoms with Gasteiger partial charge in [-0.15, -0.1) is 0 Å². The summed E-state index contributed by atoms with van der Waals surface area (Å²) in [5, 5.41) is 6.53. The molecule has 1 saturated carbocycles. The van der Waals surface area contributed by atoms with Gasteiger partial charge in [-0.3, -0.25) is 4.79 Å². The lowest BCUT2D eigenvalue weighted by molar-refractivity contribution is -0.123. The Morgan fingerprint density at radius 2 is 2.14 bits per heavy atom. The maximum absolute atomic E-state index is 14.0. The number of amides is 1. The number of hydrogen-bond donors (Lipinski definition) is 1. The fourth-order valence-electron chi connectivity index (χ4n) is 2.67. The van der Waals surface area contributed by atoms with Crippen LogP contribution in [0, 0.1) is 11.6 Å². The van der Waals surface area contributed by atoms with Crippen LogP contribution in [0.2, 0.25) is 0 Å². The van der Waals surface area contributed by atoms with E-state index in [-0.39, 0.29) is 12.3 Å². The first-order valence-electron chi connectivity index (χ1n) is 6.75. The molecule has 0 bridgehead atoms. The van der Waals surface area contributed by atoms with Gasteiger partial charge in [0.2, 0.25) is 5.91 Å². The molecule has 0 saturated heterocycles. The summed E-state index contributed by atoms with van der Waals surface area (Å²) in [5.41, 5.74) is 0.115. The van der Waals surface area contributed by atoms with Crippen molar-refractivity contribution in [3.63, 3.8) is 0 Å². The Morgan fingerprint density at radius 3 is 2.71 bits per heavy atom. The van der Waals surface area contributed by atoms with Crippen molar-refractivity contribution in [3.05, 3.63) is 53.4 Å². The minimum Gasteiger partial charge on any atom is -0.364 e. The Bertz CT molecular complexity index is 652. The summed E-state index contributed by atoms with van der Waals surface area (Å²) in [6, 6.07) is 5.06. The van der Waals surface area contributed by atoms with E-state index in [0.29, 0.717) is 24.1 Å². The van der Waals surface area contributed by atoms with Crippen molar-refractivity contribution in [2.45, 2.75) is 31.2 Å². The largest absolute Gasteiger partial charge is 0.364 e. The molecule has 21 heavy (non-hydrogen) atoms. The smallest absolute Gasteiger partial charge is 0.226 e. The lowest BCUT2D eigenvalue weighted by Gasteiger charge is -2.43. The number of benzene rings is 1. The van der Waals surface area contributed by atoms with Gasteiger partial charge in [-0.25, -0.2) is 8.78 Å². The Labute approximate surface area is 120 Å². The quantitative estimate of drug-likeness (QED) is 0.942. The predicted molar refractivity (Wildman–Crippen MR) is 70.2 cm³/mol. The van der Waals surface area contributed by atoms with Crippen LogP contribution < -0.4 is 5.32 Å². The first-order chi connectivity index (χ1) is 10.1. The highest BCUT2D eigenvalue weighted by atomic mass is 19.1. The van der Waals surface area contributed by atoms with Gasteiger partial charge in [0.15, 0.2) is 0 Å². The van der Waals surface area contributed by atoms with E-state index in [9.17, 15) is 13.6 Å². The van der Waals surface area contributed by atoms with Crippen LogP contribution in [-0.4, -0.2) is 11.1 Å². The van der Waals surface area contributed by atoms with E-state index in [1.54, 1.807) is 6.07 Å². The van der Waals surface area contributed by atoms with Crippen LogP contribution in [0.3, 0.4) is 0 Å². The number of nitrogens with zero attached hydrogens (tertiary/aromatic N) is 1. The molecule has 0 aliphatic heterocycles. The molecule has 1 aromatic carbocycles. The maximum Gasteiger partial charge on any atom is 0.226 e. The molecule has 0 unspecified atom stereocenters. The van der Waals surface area contributed by atoms with E-state index in [4.69, 9.17) is 0 Å². The Balaban J connectivity index is 1.78. The highest BCUT2D eigenvalue weighted by molar-refractivity contribution is 5.79. The van der Waals surface area contributed by atoms with Crippen LogP contribution >= 0.6 is 0 Å². The molecule has 1 aromatic heterocycles. The standard InChI is InChI=1S/C15H14F2N2O2/c16-10-2-3-12(13(17)8-10)15(5-1-6-15)18-14(20)9-11-4-7-21-19-11/h2-4,7-8H,1,5-6,9H2,(H,18,20). The van der Waals surface area contributed by atoms with E-state index in [1.165, 1.54) is 18.4 Å². The summed E-state index contributed by atoms with van der Waals surface area (Å²) in [6.45, 7) is 0. The van der Waals surface area contributed by atoms with E-state index in [0.717, 1.165) is 12.5 Å². The number of aromatic nitrogens is 1. The maximum atomic E-state index is 14.0. The predicted octanol–water partition coefficient (Wildman–Crippen LogP) is 2.69. The normalized spacial score (nSPS) is 16.3. The van der Waals surface area contributed by atoms with Gasteiger partial charge in [0.05, 0.1) is 17.7 Å². The number of carbonyl (C=O) groups is 1. The summed E-state index contributed by atoms with van der Waals surface area (Å²) in [6.07, 6.45) is 3.63. The first kappa shape index (κ1) is 13.7. The van der Waals surface area contributed by atoms with Gasteiger partial charge < -0.3 is 9.84 Å². The summed E-state index contributed by atoms with van der Waals surface area (Å²) in [4.78, 5) is 12.1. The molecule has 1 aliphatic carbocycles. The third kappa shape index (κ3) is 2.66. The highest BCUT2D eigenvalue weighted by Crippen LogP contribution is 2.42. The van der Waals surface area contributed by atoms with Crippen LogP contribution in [0.25, 0.3) is 0 Å². The summed E-state index contributed by atoms with van der Waals surface area (Å²) in [5.74, 6) is -1.51. The third-order valence-corrected chi connectivity index (χ3v) is 3.87. The van der Waals surface area contributed by atoms with Crippen LogP contribution in [0.1, 0.15) is 30.5 Å². The van der Waals surface area contributed by atoms with Crippen molar-refractivity contribution in [2.24, 2.45) is 0 Å². The Hall–Kier alpha value is -2.24. The third-order valence-electron chi connectivity index (χ3n) is 3.87. The average molecular weight is 292 g/mol. The zero-order valence-electron chi connectivity index (χ0n) is 11.2. The molecule has 0 spiro atoms. The van der Waals surface area contributed by atoms with Crippen LogP contribution in [0.5, 0.6) is 0 Å². The highest BCUT2D eigenvalue weighted by Gasteiger charge is 2.41. The Kier molecular flexibility index (Phi) is 3.45. The van der Waals surface area contributed by atoms with Gasteiger partial charge in [0, 0.05) is 17.7 Å². The van der Waals surface area contributed by atoms with Gasteiger partial charge in [-0.2, -0.15) is 0 Å². The zero-order valence-corrected chi connectivity index (χ0v) is 11.2. The molecular weight excluding hydrogens is 278 g/mol. The first-order valence-corrected chi connectivity index (χ1v) is 6.75. The second kappa shape index (κ2) is 5.27. The molecule has 1 aliphatic rings. The van der Waals surface area contributed by atoms with Gasteiger partial charge in [-0.05, 0) is 25.3 Å². The molecule has 1 heterocycles. The fourth-order valence-corrected chi connectivity index (χ4v) is 2.67. The second-order valence-electron chi connectivity index (χ2n) is 5.28. The number of nitrogens with one attached hydrogen (secondary N) is 1. The summed E-state index contributed by atoms with van der Waals surface area (Å²) >= 11 is 0. The fraction of sp³-hybridized carbons (Fsp3) is 0.333. The number of rotatable bonds is 4. The van der Waals surface area contributed by atoms with Gasteiger partial charge in [0.1, 0.15) is 17.9 Å². The molecule has 1 fully saturated rings. The molecule has 4 nitrogen and oxygen atoms in total. The van der Waals surface area contributed by atoms with Crippen molar-refractivity contribution in [1.29, 1.82) is 0 Å². The molecule has 6 heteroatoms.